The van der Waals surface area contributed by atoms with E-state index in [4.69, 9.17) is 23.2 Å². The van der Waals surface area contributed by atoms with Gasteiger partial charge in [-0.15, -0.1) is 0 Å². The Hall–Kier alpha value is -1.31. The summed E-state index contributed by atoms with van der Waals surface area (Å²) < 4.78 is 28.0. The maximum atomic E-state index is 14.1. The van der Waals surface area contributed by atoms with Crippen LogP contribution in [0, 0.1) is 5.82 Å². The molecule has 1 N–H and O–H groups in total. The number of aromatic nitrogens is 3. The summed E-state index contributed by atoms with van der Waals surface area (Å²) in [4.78, 5) is 13.3. The number of hydrogen-bond acceptors (Lipinski definition) is 5. The first-order chi connectivity index (χ1) is 10.5. The molecule has 1 aliphatic heterocycles. The fourth-order valence-corrected chi connectivity index (χ4v) is 2.82. The second-order valence-electron chi connectivity index (χ2n) is 5.11. The van der Waals surface area contributed by atoms with Crippen LogP contribution in [-0.2, 0) is 0 Å². The minimum atomic E-state index is -1.42. The third-order valence-electron chi connectivity index (χ3n) is 3.63. The van der Waals surface area contributed by atoms with Gasteiger partial charge < -0.3 is 10.0 Å². The number of rotatable bonds is 1. The molecule has 0 amide bonds. The summed E-state index contributed by atoms with van der Waals surface area (Å²) in [6.07, 6.45) is -0.170. The van der Waals surface area contributed by atoms with Crippen molar-refractivity contribution in [1.29, 1.82) is 0 Å². The van der Waals surface area contributed by atoms with Crippen LogP contribution in [0.3, 0.4) is 0 Å². The second-order valence-corrected chi connectivity index (χ2v) is 5.81. The summed E-state index contributed by atoms with van der Waals surface area (Å²) in [5, 5.41) is 9.44. The van der Waals surface area contributed by atoms with Gasteiger partial charge in [0, 0.05) is 12.7 Å². The van der Waals surface area contributed by atoms with Crippen molar-refractivity contribution in [3.05, 3.63) is 22.5 Å². The molecule has 22 heavy (non-hydrogen) atoms. The fraction of sp³-hybridized carbons (Fsp3) is 0.462. The minimum absolute atomic E-state index is 0.0600. The van der Waals surface area contributed by atoms with Gasteiger partial charge in [-0.2, -0.15) is 4.98 Å². The molecule has 3 rings (SSSR count). The summed E-state index contributed by atoms with van der Waals surface area (Å²) in [5.74, 6) is -0.508. The van der Waals surface area contributed by atoms with E-state index in [1.165, 1.54) is 6.20 Å². The van der Waals surface area contributed by atoms with Gasteiger partial charge in [0.15, 0.2) is 11.0 Å². The Kier molecular flexibility index (Phi) is 4.29. The Balaban J connectivity index is 2.12. The molecule has 9 heteroatoms. The Labute approximate surface area is 134 Å². The molecule has 1 fully saturated rings. The van der Waals surface area contributed by atoms with Crippen LogP contribution in [0.15, 0.2) is 6.20 Å². The van der Waals surface area contributed by atoms with Gasteiger partial charge in [0.1, 0.15) is 17.5 Å². The average molecular weight is 349 g/mol. The predicted octanol–water partition coefficient (Wildman–Crippen LogP) is 2.77. The van der Waals surface area contributed by atoms with Gasteiger partial charge in [-0.3, -0.25) is 0 Å². The number of fused-ring (bicyclic) bond motifs is 1. The van der Waals surface area contributed by atoms with Crippen molar-refractivity contribution in [2.75, 3.05) is 18.0 Å². The van der Waals surface area contributed by atoms with Gasteiger partial charge in [0.25, 0.3) is 0 Å². The summed E-state index contributed by atoms with van der Waals surface area (Å²) in [6, 6.07) is 0. The van der Waals surface area contributed by atoms with Crippen LogP contribution in [0.4, 0.5) is 14.6 Å². The largest absolute Gasteiger partial charge is 0.390 e. The zero-order chi connectivity index (χ0) is 15.9. The summed E-state index contributed by atoms with van der Waals surface area (Å²) in [5.41, 5.74) is -0.0600. The molecule has 3 heterocycles. The van der Waals surface area contributed by atoms with Gasteiger partial charge in [0.2, 0.25) is 5.28 Å². The molecule has 118 valence electrons. The van der Waals surface area contributed by atoms with E-state index in [1.54, 1.807) is 4.90 Å². The normalized spacial score (nSPS) is 22.9. The number of alkyl halides is 1. The van der Waals surface area contributed by atoms with E-state index in [0.29, 0.717) is 24.8 Å². The quantitative estimate of drug-likeness (QED) is 0.634. The highest BCUT2D eigenvalue weighted by molar-refractivity contribution is 6.30. The number of aliphatic hydroxyl groups excluding tert-OH is 1. The minimum Gasteiger partial charge on any atom is -0.390 e. The van der Waals surface area contributed by atoms with Crippen LogP contribution in [-0.4, -0.2) is 45.4 Å². The molecular weight excluding hydrogens is 337 g/mol. The molecule has 2 atom stereocenters. The van der Waals surface area contributed by atoms with E-state index in [1.807, 2.05) is 0 Å². The highest BCUT2D eigenvalue weighted by Gasteiger charge is 2.28. The molecule has 2 aromatic heterocycles. The lowest BCUT2D eigenvalue weighted by Gasteiger charge is -2.24. The van der Waals surface area contributed by atoms with E-state index in [-0.39, 0.29) is 28.3 Å². The topological polar surface area (TPSA) is 62.1 Å². The van der Waals surface area contributed by atoms with E-state index in [0.717, 1.165) is 0 Å². The molecule has 0 bridgehead atoms. The van der Waals surface area contributed by atoms with Crippen LogP contribution in [0.5, 0.6) is 0 Å². The average Bonchev–Trinajstić information content (AvgIpc) is 2.65. The van der Waals surface area contributed by atoms with E-state index in [2.05, 4.69) is 15.0 Å². The lowest BCUT2D eigenvalue weighted by atomic mass is 10.1. The number of halogens is 4. The number of hydrogen-bond donors (Lipinski definition) is 1. The molecular formula is C13H12Cl2F2N4O. The molecule has 0 radical (unpaired) electrons. The van der Waals surface area contributed by atoms with Crippen molar-refractivity contribution in [1.82, 2.24) is 15.0 Å². The lowest BCUT2D eigenvalue weighted by molar-refractivity contribution is 0.0803. The second kappa shape index (κ2) is 6.06. The maximum absolute atomic E-state index is 14.1. The number of anilines is 1. The SMILES string of the molecule is OC1CCCN(c2nc(Cl)nc3c(F)c(Cl)ncc23)CC1F. The first-order valence-corrected chi connectivity index (χ1v) is 7.47. The molecule has 1 saturated heterocycles. The molecule has 0 saturated carbocycles. The van der Waals surface area contributed by atoms with Crippen molar-refractivity contribution in [2.24, 2.45) is 0 Å². The van der Waals surface area contributed by atoms with Crippen LogP contribution in [0.1, 0.15) is 12.8 Å². The molecule has 1 aliphatic rings. The Morgan fingerprint density at radius 2 is 2.09 bits per heavy atom. The highest BCUT2D eigenvalue weighted by atomic mass is 35.5. The first-order valence-electron chi connectivity index (χ1n) is 6.71. The van der Waals surface area contributed by atoms with Gasteiger partial charge >= 0.3 is 0 Å². The van der Waals surface area contributed by atoms with Crippen molar-refractivity contribution >= 4 is 39.9 Å². The lowest BCUT2D eigenvalue weighted by Crippen LogP contribution is -2.34. The Morgan fingerprint density at radius 1 is 1.32 bits per heavy atom. The highest BCUT2D eigenvalue weighted by Crippen LogP contribution is 2.30. The van der Waals surface area contributed by atoms with Gasteiger partial charge in [0.05, 0.1) is 18.0 Å². The van der Waals surface area contributed by atoms with Crippen molar-refractivity contribution in [3.63, 3.8) is 0 Å². The molecule has 0 aromatic carbocycles. The Bertz CT molecular complexity index is 718. The Morgan fingerprint density at radius 3 is 2.86 bits per heavy atom. The van der Waals surface area contributed by atoms with Crippen molar-refractivity contribution < 1.29 is 13.9 Å². The smallest absolute Gasteiger partial charge is 0.225 e. The van der Waals surface area contributed by atoms with Crippen LogP contribution in [0.25, 0.3) is 10.9 Å². The third kappa shape index (κ3) is 2.80. The number of aliphatic hydroxyl groups is 1. The molecule has 0 aliphatic carbocycles. The van der Waals surface area contributed by atoms with Crippen molar-refractivity contribution in [2.45, 2.75) is 25.1 Å². The number of nitrogens with zero attached hydrogens (tertiary/aromatic N) is 4. The van der Waals surface area contributed by atoms with E-state index >= 15 is 0 Å². The van der Waals surface area contributed by atoms with Crippen LogP contribution < -0.4 is 4.90 Å². The zero-order valence-corrected chi connectivity index (χ0v) is 12.8. The van der Waals surface area contributed by atoms with Gasteiger partial charge in [-0.05, 0) is 24.4 Å². The van der Waals surface area contributed by atoms with Crippen LogP contribution >= 0.6 is 23.2 Å². The monoisotopic (exact) mass is 348 g/mol. The van der Waals surface area contributed by atoms with Crippen LogP contribution in [0.2, 0.25) is 10.4 Å². The first kappa shape index (κ1) is 15.6. The molecule has 2 unspecified atom stereocenters. The standard InChI is InChI=1S/C13H12Cl2F2N4O/c14-11-9(17)10-6(4-18-11)12(20-13(15)19-10)21-3-1-2-8(22)7(16)5-21/h4,7-8,22H,1-3,5H2. The fourth-order valence-electron chi connectivity index (χ4n) is 2.52. The summed E-state index contributed by atoms with van der Waals surface area (Å²) >= 11 is 11.5. The number of pyridine rings is 1. The summed E-state index contributed by atoms with van der Waals surface area (Å²) in [7, 11) is 0. The summed E-state index contributed by atoms with van der Waals surface area (Å²) in [6.45, 7) is 0.401. The maximum Gasteiger partial charge on any atom is 0.225 e. The van der Waals surface area contributed by atoms with Gasteiger partial charge in [-0.1, -0.05) is 11.6 Å². The van der Waals surface area contributed by atoms with E-state index in [9.17, 15) is 13.9 Å². The molecule has 0 spiro atoms. The third-order valence-corrected chi connectivity index (χ3v) is 4.07. The van der Waals surface area contributed by atoms with E-state index < -0.39 is 18.1 Å². The predicted molar refractivity (Wildman–Crippen MR) is 79.7 cm³/mol. The molecule has 2 aromatic rings. The van der Waals surface area contributed by atoms with Gasteiger partial charge in [-0.25, -0.2) is 18.7 Å². The zero-order valence-electron chi connectivity index (χ0n) is 11.3. The van der Waals surface area contributed by atoms with Crippen molar-refractivity contribution in [3.8, 4) is 0 Å². The molecule has 5 nitrogen and oxygen atoms in total.